The third kappa shape index (κ3) is 3.00. The maximum absolute atomic E-state index is 6.07. The van der Waals surface area contributed by atoms with Gasteiger partial charge in [-0.2, -0.15) is 4.98 Å². The van der Waals surface area contributed by atoms with E-state index in [4.69, 9.17) is 21.1 Å². The van der Waals surface area contributed by atoms with E-state index in [1.807, 2.05) is 12.1 Å². The van der Waals surface area contributed by atoms with Crippen molar-refractivity contribution in [3.8, 4) is 11.6 Å². The van der Waals surface area contributed by atoms with E-state index >= 15 is 0 Å². The number of anilines is 1. The molecular formula is C14H14ClN3O2. The Morgan fingerprint density at radius 3 is 2.75 bits per heavy atom. The second-order valence-electron chi connectivity index (χ2n) is 4.33. The maximum Gasteiger partial charge on any atom is 0.228 e. The van der Waals surface area contributed by atoms with Crippen LogP contribution in [0, 0.1) is 0 Å². The van der Waals surface area contributed by atoms with E-state index in [1.165, 1.54) is 0 Å². The van der Waals surface area contributed by atoms with E-state index < -0.39 is 0 Å². The molecule has 0 saturated carbocycles. The number of ether oxygens (including phenoxy) is 2. The van der Waals surface area contributed by atoms with Gasteiger partial charge in [0.2, 0.25) is 11.8 Å². The first-order valence-electron chi connectivity index (χ1n) is 6.41. The largest absolute Gasteiger partial charge is 0.437 e. The zero-order valence-corrected chi connectivity index (χ0v) is 11.6. The van der Waals surface area contributed by atoms with E-state index in [0.29, 0.717) is 35.8 Å². The Hall–Kier alpha value is -1.85. The lowest BCUT2D eigenvalue weighted by molar-refractivity contribution is 0.122. The van der Waals surface area contributed by atoms with Crippen molar-refractivity contribution in [3.63, 3.8) is 0 Å². The Morgan fingerprint density at radius 1 is 1.15 bits per heavy atom. The number of halogens is 1. The first-order chi connectivity index (χ1) is 9.83. The SMILES string of the molecule is Clc1ccccc1Oc1ccnc(N2CCOCC2)n1. The number of hydrogen-bond donors (Lipinski definition) is 0. The molecule has 0 N–H and O–H groups in total. The van der Waals surface area contributed by atoms with Gasteiger partial charge in [-0.25, -0.2) is 4.98 Å². The molecule has 3 rings (SSSR count). The number of hydrogen-bond acceptors (Lipinski definition) is 5. The van der Waals surface area contributed by atoms with Crippen molar-refractivity contribution in [1.82, 2.24) is 9.97 Å². The Bertz CT molecular complexity index is 588. The molecule has 104 valence electrons. The summed E-state index contributed by atoms with van der Waals surface area (Å²) in [6.45, 7) is 2.96. The van der Waals surface area contributed by atoms with E-state index in [9.17, 15) is 0 Å². The van der Waals surface area contributed by atoms with Gasteiger partial charge in [0.1, 0.15) is 5.75 Å². The number of benzene rings is 1. The van der Waals surface area contributed by atoms with Crippen molar-refractivity contribution in [2.45, 2.75) is 0 Å². The molecule has 0 atom stereocenters. The minimum atomic E-state index is 0.481. The standard InChI is InChI=1S/C14H14ClN3O2/c15-11-3-1-2-4-12(11)20-13-5-6-16-14(17-13)18-7-9-19-10-8-18/h1-6H,7-10H2. The summed E-state index contributed by atoms with van der Waals surface area (Å²) in [7, 11) is 0. The molecule has 1 aromatic heterocycles. The topological polar surface area (TPSA) is 47.5 Å². The Kier molecular flexibility index (Phi) is 3.99. The van der Waals surface area contributed by atoms with Crippen molar-refractivity contribution >= 4 is 17.5 Å². The Labute approximate surface area is 122 Å². The zero-order valence-electron chi connectivity index (χ0n) is 10.8. The van der Waals surface area contributed by atoms with E-state index in [-0.39, 0.29) is 0 Å². The highest BCUT2D eigenvalue weighted by molar-refractivity contribution is 6.32. The lowest BCUT2D eigenvalue weighted by Gasteiger charge is -2.26. The van der Waals surface area contributed by atoms with Crippen LogP contribution in [0.1, 0.15) is 0 Å². The summed E-state index contributed by atoms with van der Waals surface area (Å²) < 4.78 is 11.0. The molecule has 20 heavy (non-hydrogen) atoms. The van der Waals surface area contributed by atoms with Crippen molar-refractivity contribution < 1.29 is 9.47 Å². The number of aromatic nitrogens is 2. The fourth-order valence-electron chi connectivity index (χ4n) is 1.95. The van der Waals surface area contributed by atoms with Crippen LogP contribution in [0.4, 0.5) is 5.95 Å². The van der Waals surface area contributed by atoms with Crippen LogP contribution in [-0.2, 0) is 4.74 Å². The molecule has 0 amide bonds. The quantitative estimate of drug-likeness (QED) is 0.870. The molecule has 1 aliphatic heterocycles. The molecule has 5 nitrogen and oxygen atoms in total. The van der Waals surface area contributed by atoms with Gasteiger partial charge < -0.3 is 14.4 Å². The third-order valence-corrected chi connectivity index (χ3v) is 3.27. The van der Waals surface area contributed by atoms with Crippen molar-refractivity contribution in [2.75, 3.05) is 31.2 Å². The van der Waals surface area contributed by atoms with Crippen LogP contribution in [0.15, 0.2) is 36.5 Å². The summed E-state index contributed by atoms with van der Waals surface area (Å²) in [5, 5.41) is 0.555. The van der Waals surface area contributed by atoms with Crippen molar-refractivity contribution in [3.05, 3.63) is 41.6 Å². The van der Waals surface area contributed by atoms with Crippen molar-refractivity contribution in [2.24, 2.45) is 0 Å². The summed E-state index contributed by atoms with van der Waals surface area (Å²) in [6, 6.07) is 9.02. The highest BCUT2D eigenvalue weighted by atomic mass is 35.5. The average molecular weight is 292 g/mol. The van der Waals surface area contributed by atoms with Gasteiger partial charge in [0, 0.05) is 25.4 Å². The molecule has 0 radical (unpaired) electrons. The number of morpholine rings is 1. The molecule has 1 fully saturated rings. The van der Waals surface area contributed by atoms with Gasteiger partial charge in [0.25, 0.3) is 0 Å². The summed E-state index contributed by atoms with van der Waals surface area (Å²) in [6.07, 6.45) is 1.68. The zero-order chi connectivity index (χ0) is 13.8. The molecule has 1 saturated heterocycles. The van der Waals surface area contributed by atoms with E-state index in [1.54, 1.807) is 24.4 Å². The number of nitrogens with zero attached hydrogens (tertiary/aromatic N) is 3. The number of para-hydroxylation sites is 1. The molecule has 0 unspecified atom stereocenters. The second-order valence-corrected chi connectivity index (χ2v) is 4.73. The van der Waals surface area contributed by atoms with Crippen LogP contribution in [0.3, 0.4) is 0 Å². The fraction of sp³-hybridized carbons (Fsp3) is 0.286. The highest BCUT2D eigenvalue weighted by Crippen LogP contribution is 2.28. The monoisotopic (exact) mass is 291 g/mol. The van der Waals surface area contributed by atoms with Gasteiger partial charge >= 0.3 is 0 Å². The van der Waals surface area contributed by atoms with Gasteiger partial charge in [-0.05, 0) is 12.1 Å². The normalized spacial score (nSPS) is 15.2. The summed E-state index contributed by atoms with van der Waals surface area (Å²) in [5.74, 6) is 1.72. The molecule has 0 bridgehead atoms. The second kappa shape index (κ2) is 6.07. The lowest BCUT2D eigenvalue weighted by atomic mass is 10.3. The molecule has 1 aromatic carbocycles. The van der Waals surface area contributed by atoms with Crippen LogP contribution < -0.4 is 9.64 Å². The van der Waals surface area contributed by atoms with Crippen LogP contribution in [0.25, 0.3) is 0 Å². The highest BCUT2D eigenvalue weighted by Gasteiger charge is 2.14. The van der Waals surface area contributed by atoms with Gasteiger partial charge in [-0.15, -0.1) is 0 Å². The first kappa shape index (κ1) is 13.1. The summed E-state index contributed by atoms with van der Waals surface area (Å²) in [4.78, 5) is 10.8. The van der Waals surface area contributed by atoms with Gasteiger partial charge in [-0.3, -0.25) is 0 Å². The third-order valence-electron chi connectivity index (χ3n) is 2.96. The first-order valence-corrected chi connectivity index (χ1v) is 6.79. The van der Waals surface area contributed by atoms with Crippen LogP contribution in [0.5, 0.6) is 11.6 Å². The molecular weight excluding hydrogens is 278 g/mol. The maximum atomic E-state index is 6.07. The number of rotatable bonds is 3. The lowest BCUT2D eigenvalue weighted by Crippen LogP contribution is -2.37. The van der Waals surface area contributed by atoms with Gasteiger partial charge in [0.15, 0.2) is 0 Å². The molecule has 6 heteroatoms. The summed E-state index contributed by atoms with van der Waals surface area (Å²) in [5.41, 5.74) is 0. The predicted octanol–water partition coefficient (Wildman–Crippen LogP) is 2.76. The van der Waals surface area contributed by atoms with Crippen LogP contribution in [-0.4, -0.2) is 36.3 Å². The van der Waals surface area contributed by atoms with Crippen LogP contribution in [0.2, 0.25) is 5.02 Å². The van der Waals surface area contributed by atoms with Crippen LogP contribution >= 0.6 is 11.6 Å². The van der Waals surface area contributed by atoms with Gasteiger partial charge in [-0.1, -0.05) is 23.7 Å². The Morgan fingerprint density at radius 2 is 1.95 bits per heavy atom. The molecule has 2 aromatic rings. The Balaban J connectivity index is 1.79. The molecule has 1 aliphatic rings. The fourth-order valence-corrected chi connectivity index (χ4v) is 2.12. The molecule has 0 aliphatic carbocycles. The predicted molar refractivity (Wildman–Crippen MR) is 76.6 cm³/mol. The van der Waals surface area contributed by atoms with Crippen molar-refractivity contribution in [1.29, 1.82) is 0 Å². The average Bonchev–Trinajstić information content (AvgIpc) is 2.51. The minimum absolute atomic E-state index is 0.481. The van der Waals surface area contributed by atoms with Gasteiger partial charge in [0.05, 0.1) is 18.2 Å². The summed E-state index contributed by atoms with van der Waals surface area (Å²) >= 11 is 6.07. The smallest absolute Gasteiger partial charge is 0.228 e. The minimum Gasteiger partial charge on any atom is -0.437 e. The van der Waals surface area contributed by atoms with E-state index in [0.717, 1.165) is 13.1 Å². The van der Waals surface area contributed by atoms with E-state index in [2.05, 4.69) is 14.9 Å². The molecule has 2 heterocycles. The molecule has 0 spiro atoms.